The van der Waals surface area contributed by atoms with Gasteiger partial charge in [-0.1, -0.05) is 25.1 Å². The van der Waals surface area contributed by atoms with Crippen LogP contribution in [0.3, 0.4) is 0 Å². The molecule has 0 aromatic heterocycles. The maximum absolute atomic E-state index is 12.9. The molecule has 0 radical (unpaired) electrons. The molecule has 2 aromatic rings. The standard InChI is InChI=1S/C26H31N3O4/c1-2-23-20(16-25(30)31)7-5-19-6-8-21(15-24(19)23)26(32)28-22-9-3-18(4-10-22)17-27-29-11-13-33-14-12-29/h3-4,6,8-10,15,17,20,23H,2,5,7,11-14,16H2,1H3,(H,28,32)(H,30,31). The van der Waals surface area contributed by atoms with Crippen molar-refractivity contribution in [3.05, 3.63) is 64.7 Å². The molecule has 1 saturated heterocycles. The zero-order valence-corrected chi connectivity index (χ0v) is 19.0. The van der Waals surface area contributed by atoms with E-state index in [0.717, 1.165) is 49.2 Å². The predicted molar refractivity (Wildman–Crippen MR) is 128 cm³/mol. The van der Waals surface area contributed by atoms with Gasteiger partial charge in [-0.3, -0.25) is 14.6 Å². The van der Waals surface area contributed by atoms with E-state index in [1.165, 1.54) is 5.56 Å². The fraction of sp³-hybridized carbons (Fsp3) is 0.423. The van der Waals surface area contributed by atoms with Gasteiger partial charge in [-0.2, -0.15) is 5.10 Å². The minimum atomic E-state index is -0.755. The number of hydrogen-bond acceptors (Lipinski definition) is 5. The number of ether oxygens (including phenoxy) is 1. The molecule has 1 fully saturated rings. The normalized spacial score (nSPS) is 20.5. The fourth-order valence-corrected chi connectivity index (χ4v) is 4.80. The maximum Gasteiger partial charge on any atom is 0.303 e. The molecule has 0 saturated carbocycles. The molecule has 2 atom stereocenters. The van der Waals surface area contributed by atoms with Crippen molar-refractivity contribution in [2.45, 2.75) is 38.5 Å². The first-order chi connectivity index (χ1) is 16.0. The van der Waals surface area contributed by atoms with Gasteiger partial charge in [-0.05, 0) is 72.1 Å². The van der Waals surface area contributed by atoms with E-state index in [2.05, 4.69) is 17.3 Å². The Morgan fingerprint density at radius 3 is 2.64 bits per heavy atom. The Kier molecular flexibility index (Phi) is 7.40. The molecule has 1 aliphatic carbocycles. The number of amides is 1. The number of nitrogens with zero attached hydrogens (tertiary/aromatic N) is 2. The summed E-state index contributed by atoms with van der Waals surface area (Å²) in [6.07, 6.45) is 4.60. The predicted octanol–water partition coefficient (Wildman–Crippen LogP) is 4.14. The summed E-state index contributed by atoms with van der Waals surface area (Å²) >= 11 is 0. The van der Waals surface area contributed by atoms with Crippen LogP contribution >= 0.6 is 0 Å². The van der Waals surface area contributed by atoms with Gasteiger partial charge in [0.15, 0.2) is 0 Å². The number of hydrogen-bond donors (Lipinski definition) is 2. The zero-order valence-electron chi connectivity index (χ0n) is 19.0. The number of fused-ring (bicyclic) bond motifs is 1. The summed E-state index contributed by atoms with van der Waals surface area (Å²) in [5.41, 5.74) is 4.63. The number of carbonyl (C=O) groups is 2. The Labute approximate surface area is 194 Å². The second kappa shape index (κ2) is 10.6. The molecule has 7 heteroatoms. The molecule has 4 rings (SSSR count). The molecular formula is C26H31N3O4. The van der Waals surface area contributed by atoms with Gasteiger partial charge in [-0.25, -0.2) is 0 Å². The third-order valence-electron chi connectivity index (χ3n) is 6.56. The van der Waals surface area contributed by atoms with Crippen molar-refractivity contribution >= 4 is 23.8 Å². The van der Waals surface area contributed by atoms with Crippen molar-refractivity contribution in [3.63, 3.8) is 0 Å². The van der Waals surface area contributed by atoms with E-state index < -0.39 is 5.97 Å². The third-order valence-corrected chi connectivity index (χ3v) is 6.56. The SMILES string of the molecule is CCC1c2cc(C(=O)Nc3ccc(C=NN4CCOCC4)cc3)ccc2CCC1CC(=O)O. The van der Waals surface area contributed by atoms with E-state index in [4.69, 9.17) is 4.74 Å². The summed E-state index contributed by atoms with van der Waals surface area (Å²) < 4.78 is 5.32. The van der Waals surface area contributed by atoms with Crippen LogP contribution < -0.4 is 5.32 Å². The van der Waals surface area contributed by atoms with Gasteiger partial charge >= 0.3 is 5.97 Å². The lowest BCUT2D eigenvalue weighted by atomic mass is 9.72. The van der Waals surface area contributed by atoms with Gasteiger partial charge in [0.1, 0.15) is 0 Å². The van der Waals surface area contributed by atoms with E-state index >= 15 is 0 Å². The number of anilines is 1. The average Bonchev–Trinajstić information content (AvgIpc) is 2.83. The van der Waals surface area contributed by atoms with Crippen LogP contribution in [0.2, 0.25) is 0 Å². The quantitative estimate of drug-likeness (QED) is 0.620. The van der Waals surface area contributed by atoms with E-state index in [-0.39, 0.29) is 24.2 Å². The van der Waals surface area contributed by atoms with E-state index in [0.29, 0.717) is 18.8 Å². The number of rotatable bonds is 7. The summed E-state index contributed by atoms with van der Waals surface area (Å²) in [6, 6.07) is 13.4. The van der Waals surface area contributed by atoms with Gasteiger partial charge in [0, 0.05) is 17.7 Å². The second-order valence-electron chi connectivity index (χ2n) is 8.71. The highest BCUT2D eigenvalue weighted by molar-refractivity contribution is 6.04. The summed E-state index contributed by atoms with van der Waals surface area (Å²) in [5, 5.41) is 18.7. The number of morpholine rings is 1. The van der Waals surface area contributed by atoms with Crippen LogP contribution in [0.25, 0.3) is 0 Å². The molecule has 2 unspecified atom stereocenters. The van der Waals surface area contributed by atoms with Gasteiger partial charge < -0.3 is 15.2 Å². The van der Waals surface area contributed by atoms with Crippen molar-refractivity contribution < 1.29 is 19.4 Å². The second-order valence-corrected chi connectivity index (χ2v) is 8.71. The largest absolute Gasteiger partial charge is 0.481 e. The molecular weight excluding hydrogens is 418 g/mol. The minimum absolute atomic E-state index is 0.116. The molecule has 0 bridgehead atoms. The van der Waals surface area contributed by atoms with Crippen LogP contribution in [0.1, 0.15) is 59.2 Å². The molecule has 7 nitrogen and oxygen atoms in total. The van der Waals surface area contributed by atoms with Crippen molar-refractivity contribution in [3.8, 4) is 0 Å². The minimum Gasteiger partial charge on any atom is -0.481 e. The first-order valence-electron chi connectivity index (χ1n) is 11.7. The van der Waals surface area contributed by atoms with Crippen molar-refractivity contribution in [1.82, 2.24) is 5.01 Å². The Morgan fingerprint density at radius 1 is 1.18 bits per heavy atom. The Bertz CT molecular complexity index is 1010. The number of hydrazone groups is 1. The summed E-state index contributed by atoms with van der Waals surface area (Å²) in [4.78, 5) is 24.2. The lowest BCUT2D eigenvalue weighted by molar-refractivity contribution is -0.138. The summed E-state index contributed by atoms with van der Waals surface area (Å²) in [7, 11) is 0. The fourth-order valence-electron chi connectivity index (χ4n) is 4.80. The van der Waals surface area contributed by atoms with E-state index in [9.17, 15) is 14.7 Å². The van der Waals surface area contributed by atoms with E-state index in [1.54, 1.807) is 0 Å². The van der Waals surface area contributed by atoms with Crippen molar-refractivity contribution in [2.24, 2.45) is 11.0 Å². The number of aryl methyl sites for hydroxylation is 1. The monoisotopic (exact) mass is 449 g/mol. The summed E-state index contributed by atoms with van der Waals surface area (Å²) in [5.74, 6) is -0.635. The van der Waals surface area contributed by atoms with Crippen LogP contribution in [0.5, 0.6) is 0 Å². The first kappa shape index (κ1) is 23.0. The van der Waals surface area contributed by atoms with E-state index in [1.807, 2.05) is 53.7 Å². The van der Waals surface area contributed by atoms with Crippen molar-refractivity contribution in [1.29, 1.82) is 0 Å². The number of carbonyl (C=O) groups excluding carboxylic acids is 1. The van der Waals surface area contributed by atoms with Crippen LogP contribution in [-0.2, 0) is 16.0 Å². The Morgan fingerprint density at radius 2 is 1.94 bits per heavy atom. The molecule has 0 spiro atoms. The lowest BCUT2D eigenvalue weighted by Gasteiger charge is -2.32. The topological polar surface area (TPSA) is 91.2 Å². The number of aliphatic carboxylic acids is 1. The van der Waals surface area contributed by atoms with Crippen LogP contribution in [0.4, 0.5) is 5.69 Å². The van der Waals surface area contributed by atoms with Crippen LogP contribution in [0.15, 0.2) is 47.6 Å². The maximum atomic E-state index is 12.9. The zero-order chi connectivity index (χ0) is 23.2. The number of nitrogens with one attached hydrogen (secondary N) is 1. The van der Waals surface area contributed by atoms with Gasteiger partial charge in [-0.15, -0.1) is 0 Å². The third kappa shape index (κ3) is 5.79. The van der Waals surface area contributed by atoms with Crippen LogP contribution in [-0.4, -0.2) is 54.5 Å². The number of carboxylic acids is 1. The molecule has 2 aromatic carbocycles. The smallest absolute Gasteiger partial charge is 0.303 e. The van der Waals surface area contributed by atoms with Gasteiger partial charge in [0.05, 0.1) is 32.5 Å². The van der Waals surface area contributed by atoms with Gasteiger partial charge in [0.25, 0.3) is 5.91 Å². The molecule has 174 valence electrons. The summed E-state index contributed by atoms with van der Waals surface area (Å²) in [6.45, 7) is 5.07. The highest BCUT2D eigenvalue weighted by Crippen LogP contribution is 2.40. The molecule has 33 heavy (non-hydrogen) atoms. The van der Waals surface area contributed by atoms with Crippen molar-refractivity contribution in [2.75, 3.05) is 31.6 Å². The lowest BCUT2D eigenvalue weighted by Crippen LogP contribution is -2.32. The van der Waals surface area contributed by atoms with Gasteiger partial charge in [0.2, 0.25) is 0 Å². The van der Waals surface area contributed by atoms with Crippen LogP contribution in [0, 0.1) is 5.92 Å². The molecule has 2 aliphatic rings. The highest BCUT2D eigenvalue weighted by Gasteiger charge is 2.30. The number of carboxylic acid groups (broad SMARTS) is 1. The molecule has 1 amide bonds. The Balaban J connectivity index is 1.42. The average molecular weight is 450 g/mol. The number of benzene rings is 2. The molecule has 2 N–H and O–H groups in total. The molecule has 1 aliphatic heterocycles. The first-order valence-corrected chi connectivity index (χ1v) is 11.7. The highest BCUT2D eigenvalue weighted by atomic mass is 16.5. The molecule has 1 heterocycles. The Hall–Kier alpha value is -3.19.